The Morgan fingerprint density at radius 2 is 1.06 bits per heavy atom. The molecule has 15 nitrogen and oxygen atoms in total. The molecule has 0 saturated carbocycles. The molecule has 298 valence electrons. The fourth-order valence-corrected chi connectivity index (χ4v) is 6.13. The highest BCUT2D eigenvalue weighted by Gasteiger charge is 2.33. The highest BCUT2D eigenvalue weighted by atomic mass is 16.5. The van der Waals surface area contributed by atoms with E-state index in [2.05, 4.69) is 10.6 Å². The average Bonchev–Trinajstić information content (AvgIpc) is 3.16. The van der Waals surface area contributed by atoms with E-state index >= 15 is 0 Å². The van der Waals surface area contributed by atoms with Crippen molar-refractivity contribution in [3.05, 3.63) is 71.8 Å². The lowest BCUT2D eigenvalue weighted by molar-refractivity contribution is -0.140. The van der Waals surface area contributed by atoms with Crippen molar-refractivity contribution in [2.75, 3.05) is 72.2 Å². The normalized spacial score (nSPS) is 15.2. The number of carboxylic acid groups (broad SMARTS) is 1. The number of likely N-dealkylation sites (N-methyl/N-ethyl adjacent to an activating group) is 2. The van der Waals surface area contributed by atoms with Crippen LogP contribution < -0.4 is 10.6 Å². The number of aliphatic hydroxyl groups excluding tert-OH is 4. The summed E-state index contributed by atoms with van der Waals surface area (Å²) in [4.78, 5) is 44.4. The van der Waals surface area contributed by atoms with Crippen molar-refractivity contribution in [2.24, 2.45) is 0 Å². The van der Waals surface area contributed by atoms with Crippen LogP contribution in [0.15, 0.2) is 60.7 Å². The topological polar surface area (TPSA) is 205 Å². The Balaban J connectivity index is 2.41. The van der Waals surface area contributed by atoms with Crippen molar-refractivity contribution in [1.29, 1.82) is 0 Å². The molecular weight excluding hydrogens is 686 g/mol. The standard InChI is InChI=1S/C38H61N5O10/c1-5-42(28(3)37(50)39-17-34(46)22-44)32(26-52-24-30-13-9-7-10-14-30)19-41(21-36(48)49)20-33(27-53-25-31-15-11-8-12-16-31)43(6-2)29(4)38(51)40-18-35(47)23-45/h7-16,28-29,32-35,44-47H,5-6,17-27H2,1-4H3,(H,39,50)(H,40,51)(H,48,49). The van der Waals surface area contributed by atoms with Gasteiger partial charge in [-0.2, -0.15) is 0 Å². The van der Waals surface area contributed by atoms with E-state index in [-0.39, 0.29) is 57.8 Å². The number of aliphatic carboxylic acids is 1. The summed E-state index contributed by atoms with van der Waals surface area (Å²) in [5.74, 6) is -1.79. The number of carboxylic acids is 1. The smallest absolute Gasteiger partial charge is 0.317 e. The van der Waals surface area contributed by atoms with Gasteiger partial charge in [-0.3, -0.25) is 29.1 Å². The van der Waals surface area contributed by atoms with E-state index in [4.69, 9.17) is 9.47 Å². The first kappa shape index (κ1) is 45.6. The minimum atomic E-state index is -1.11. The number of nitrogens with one attached hydrogen (secondary N) is 2. The summed E-state index contributed by atoms with van der Waals surface area (Å²) < 4.78 is 12.4. The third-order valence-corrected chi connectivity index (χ3v) is 9.01. The third kappa shape index (κ3) is 17.0. The lowest BCUT2D eigenvalue weighted by atomic mass is 10.1. The number of aliphatic hydroxyl groups is 4. The largest absolute Gasteiger partial charge is 0.480 e. The number of rotatable bonds is 28. The second-order valence-electron chi connectivity index (χ2n) is 13.1. The second kappa shape index (κ2) is 25.5. The predicted octanol–water partition coefficient (Wildman–Crippen LogP) is -0.0966. The zero-order valence-corrected chi connectivity index (χ0v) is 31.5. The number of carbonyl (C=O) groups is 3. The molecular formula is C38H61N5O10. The van der Waals surface area contributed by atoms with Crippen LogP contribution in [0.1, 0.15) is 38.8 Å². The average molecular weight is 748 g/mol. The van der Waals surface area contributed by atoms with Crippen LogP contribution in [0, 0.1) is 0 Å². The molecule has 2 aromatic carbocycles. The maximum Gasteiger partial charge on any atom is 0.317 e. The van der Waals surface area contributed by atoms with Gasteiger partial charge in [-0.1, -0.05) is 74.5 Å². The summed E-state index contributed by atoms with van der Waals surface area (Å²) in [6, 6.07) is 16.9. The van der Waals surface area contributed by atoms with Crippen molar-refractivity contribution in [1.82, 2.24) is 25.3 Å². The summed E-state index contributed by atoms with van der Waals surface area (Å²) in [6.07, 6.45) is -2.21. The molecule has 0 bridgehead atoms. The van der Waals surface area contributed by atoms with E-state index in [1.807, 2.05) is 84.3 Å². The summed E-state index contributed by atoms with van der Waals surface area (Å²) in [7, 11) is 0. The third-order valence-electron chi connectivity index (χ3n) is 9.01. The Hall–Kier alpha value is -3.51. The number of ether oxygens (including phenoxy) is 2. The highest BCUT2D eigenvalue weighted by Crippen LogP contribution is 2.15. The zero-order valence-electron chi connectivity index (χ0n) is 31.5. The molecule has 2 amide bonds. The Morgan fingerprint density at radius 3 is 1.38 bits per heavy atom. The van der Waals surface area contributed by atoms with Crippen LogP contribution in [-0.4, -0.2) is 167 Å². The summed E-state index contributed by atoms with van der Waals surface area (Å²) in [6.45, 7) is 7.77. The van der Waals surface area contributed by atoms with Crippen molar-refractivity contribution in [2.45, 2.75) is 77.3 Å². The Kier molecular flexibility index (Phi) is 22.0. The molecule has 6 unspecified atom stereocenters. The molecule has 0 radical (unpaired) electrons. The van der Waals surface area contributed by atoms with Gasteiger partial charge in [-0.15, -0.1) is 0 Å². The maximum atomic E-state index is 13.2. The van der Waals surface area contributed by atoms with E-state index in [1.54, 1.807) is 18.7 Å². The summed E-state index contributed by atoms with van der Waals surface area (Å²) in [5.41, 5.74) is 1.90. The number of amides is 2. The van der Waals surface area contributed by atoms with Crippen LogP contribution in [-0.2, 0) is 37.1 Å². The van der Waals surface area contributed by atoms with Gasteiger partial charge >= 0.3 is 5.97 Å². The van der Waals surface area contributed by atoms with Crippen LogP contribution >= 0.6 is 0 Å². The minimum absolute atomic E-state index is 0.125. The number of hydrogen-bond acceptors (Lipinski definition) is 12. The van der Waals surface area contributed by atoms with Crippen molar-refractivity contribution in [3.63, 3.8) is 0 Å². The van der Waals surface area contributed by atoms with Gasteiger partial charge in [0.25, 0.3) is 0 Å². The first-order valence-electron chi connectivity index (χ1n) is 18.3. The molecule has 2 aromatic rings. The second-order valence-corrected chi connectivity index (χ2v) is 13.1. The monoisotopic (exact) mass is 747 g/mol. The van der Waals surface area contributed by atoms with Crippen LogP contribution in [0.5, 0.6) is 0 Å². The van der Waals surface area contributed by atoms with Crippen LogP contribution in [0.3, 0.4) is 0 Å². The van der Waals surface area contributed by atoms with Crippen molar-refractivity contribution >= 4 is 17.8 Å². The molecule has 7 N–H and O–H groups in total. The number of carbonyl (C=O) groups excluding carboxylic acids is 2. The molecule has 0 heterocycles. The van der Waals surface area contributed by atoms with Crippen molar-refractivity contribution in [3.8, 4) is 0 Å². The zero-order chi connectivity index (χ0) is 39.2. The molecule has 0 saturated heterocycles. The molecule has 6 atom stereocenters. The van der Waals surface area contributed by atoms with Gasteiger partial charge in [0.2, 0.25) is 11.8 Å². The van der Waals surface area contributed by atoms with Gasteiger partial charge in [0.15, 0.2) is 0 Å². The Labute approximate surface area is 313 Å². The quantitative estimate of drug-likeness (QED) is 0.0609. The van der Waals surface area contributed by atoms with Gasteiger partial charge in [0.1, 0.15) is 0 Å². The van der Waals surface area contributed by atoms with Gasteiger partial charge < -0.3 is 45.6 Å². The van der Waals surface area contributed by atoms with E-state index in [9.17, 15) is 39.9 Å². The van der Waals surface area contributed by atoms with E-state index in [1.165, 1.54) is 0 Å². The SMILES string of the molecule is CCN(C(COCc1ccccc1)CN(CC(=O)O)CC(COCc1ccccc1)N(CC)C(C)C(=O)NCC(O)CO)C(C)C(=O)NCC(O)CO. The number of nitrogens with zero attached hydrogens (tertiary/aromatic N) is 3. The van der Waals surface area contributed by atoms with Crippen molar-refractivity contribution < 1.29 is 49.4 Å². The first-order chi connectivity index (χ1) is 25.4. The Morgan fingerprint density at radius 1 is 0.679 bits per heavy atom. The summed E-state index contributed by atoms with van der Waals surface area (Å²) >= 11 is 0. The van der Waals surface area contributed by atoms with Gasteiger partial charge in [-0.05, 0) is 38.1 Å². The maximum absolute atomic E-state index is 13.2. The van der Waals surface area contributed by atoms with Gasteiger partial charge in [0, 0.05) is 38.3 Å². The molecule has 0 aromatic heterocycles. The van der Waals surface area contributed by atoms with E-state index < -0.39 is 55.6 Å². The van der Waals surface area contributed by atoms with Crippen LogP contribution in [0.2, 0.25) is 0 Å². The Bertz CT molecular complexity index is 1220. The molecule has 0 fully saturated rings. The van der Waals surface area contributed by atoms with E-state index in [0.29, 0.717) is 26.3 Å². The van der Waals surface area contributed by atoms with Gasteiger partial charge in [-0.25, -0.2) is 0 Å². The molecule has 0 spiro atoms. The minimum Gasteiger partial charge on any atom is -0.480 e. The predicted molar refractivity (Wildman–Crippen MR) is 200 cm³/mol. The van der Waals surface area contributed by atoms with Crippen LogP contribution in [0.25, 0.3) is 0 Å². The fraction of sp³-hybridized carbons (Fsp3) is 0.605. The summed E-state index contributed by atoms with van der Waals surface area (Å²) in [5, 5.41) is 53.5. The number of benzene rings is 2. The number of hydrogen-bond donors (Lipinski definition) is 7. The van der Waals surface area contributed by atoms with E-state index in [0.717, 1.165) is 11.1 Å². The first-order valence-corrected chi connectivity index (χ1v) is 18.3. The highest BCUT2D eigenvalue weighted by molar-refractivity contribution is 5.81. The lowest BCUT2D eigenvalue weighted by Crippen LogP contribution is -2.58. The molecule has 0 aliphatic heterocycles. The van der Waals surface area contributed by atoms with Gasteiger partial charge in [0.05, 0.1) is 70.5 Å². The molecule has 2 rings (SSSR count). The molecule has 0 aliphatic rings. The lowest BCUT2D eigenvalue weighted by Gasteiger charge is -2.41. The fourth-order valence-electron chi connectivity index (χ4n) is 6.13. The van der Waals surface area contributed by atoms with Crippen LogP contribution in [0.4, 0.5) is 0 Å². The molecule has 15 heteroatoms. The molecule has 53 heavy (non-hydrogen) atoms. The molecule has 0 aliphatic carbocycles.